The zero-order chi connectivity index (χ0) is 13.7. The molecule has 19 heavy (non-hydrogen) atoms. The monoisotopic (exact) mass is 258 g/mol. The van der Waals surface area contributed by atoms with Gasteiger partial charge in [0.15, 0.2) is 0 Å². The normalized spacial score (nSPS) is 22.3. The topological polar surface area (TPSA) is 38.5 Å². The van der Waals surface area contributed by atoms with Gasteiger partial charge < -0.3 is 10.5 Å². The Kier molecular flexibility index (Phi) is 4.98. The standard InChI is InChI=1S/C16H22N2O/c1-13-16(8-10-19-13)18(2)12-15-6-3-5-14(11-15)7-4-9-17/h3,5-6,11,13,16H,8-10,12,17H2,1-2H3. The molecule has 1 aliphatic heterocycles. The van der Waals surface area contributed by atoms with Gasteiger partial charge in [-0.1, -0.05) is 24.0 Å². The van der Waals surface area contributed by atoms with Gasteiger partial charge in [0.05, 0.1) is 12.6 Å². The smallest absolute Gasteiger partial charge is 0.0703 e. The molecule has 102 valence electrons. The quantitative estimate of drug-likeness (QED) is 0.837. The highest BCUT2D eigenvalue weighted by atomic mass is 16.5. The van der Waals surface area contributed by atoms with E-state index in [0.717, 1.165) is 25.1 Å². The van der Waals surface area contributed by atoms with Crippen LogP contribution in [0.15, 0.2) is 24.3 Å². The van der Waals surface area contributed by atoms with Crippen LogP contribution >= 0.6 is 0 Å². The molecule has 0 aromatic heterocycles. The largest absolute Gasteiger partial charge is 0.377 e. The van der Waals surface area contributed by atoms with Crippen molar-refractivity contribution >= 4 is 0 Å². The highest BCUT2D eigenvalue weighted by Crippen LogP contribution is 2.20. The third-order valence-corrected chi connectivity index (χ3v) is 3.60. The van der Waals surface area contributed by atoms with Crippen molar-refractivity contribution in [2.75, 3.05) is 20.2 Å². The number of hydrogen-bond donors (Lipinski definition) is 1. The van der Waals surface area contributed by atoms with Crippen molar-refractivity contribution in [3.05, 3.63) is 35.4 Å². The van der Waals surface area contributed by atoms with Gasteiger partial charge in [-0.05, 0) is 38.1 Å². The lowest BCUT2D eigenvalue weighted by Gasteiger charge is -2.26. The maximum absolute atomic E-state index is 5.62. The molecule has 1 heterocycles. The average Bonchev–Trinajstić information content (AvgIpc) is 2.83. The summed E-state index contributed by atoms with van der Waals surface area (Å²) in [5.41, 5.74) is 7.71. The van der Waals surface area contributed by atoms with Gasteiger partial charge in [0.25, 0.3) is 0 Å². The Hall–Kier alpha value is -1.34. The third-order valence-electron chi connectivity index (χ3n) is 3.60. The number of hydrogen-bond acceptors (Lipinski definition) is 3. The minimum atomic E-state index is 0.324. The lowest BCUT2D eigenvalue weighted by Crippen LogP contribution is -2.36. The van der Waals surface area contributed by atoms with E-state index < -0.39 is 0 Å². The maximum atomic E-state index is 5.62. The molecule has 1 fully saturated rings. The van der Waals surface area contributed by atoms with Crippen molar-refractivity contribution in [1.29, 1.82) is 0 Å². The summed E-state index contributed by atoms with van der Waals surface area (Å²) >= 11 is 0. The third kappa shape index (κ3) is 3.81. The van der Waals surface area contributed by atoms with Gasteiger partial charge in [-0.15, -0.1) is 0 Å². The van der Waals surface area contributed by atoms with Crippen LogP contribution < -0.4 is 5.73 Å². The van der Waals surface area contributed by atoms with E-state index in [4.69, 9.17) is 10.5 Å². The van der Waals surface area contributed by atoms with Crippen molar-refractivity contribution in [3.63, 3.8) is 0 Å². The number of likely N-dealkylation sites (N-methyl/N-ethyl adjacent to an activating group) is 1. The van der Waals surface area contributed by atoms with Crippen molar-refractivity contribution in [2.45, 2.75) is 32.0 Å². The molecule has 2 atom stereocenters. The van der Waals surface area contributed by atoms with Gasteiger partial charge in [0, 0.05) is 24.8 Å². The predicted octanol–water partition coefficient (Wildman–Crippen LogP) is 1.61. The molecule has 0 amide bonds. The molecule has 3 heteroatoms. The summed E-state index contributed by atoms with van der Waals surface area (Å²) in [6.45, 7) is 4.35. The molecular weight excluding hydrogens is 236 g/mol. The predicted molar refractivity (Wildman–Crippen MR) is 77.7 cm³/mol. The van der Waals surface area contributed by atoms with Crippen molar-refractivity contribution in [1.82, 2.24) is 4.90 Å². The molecule has 0 spiro atoms. The molecule has 0 radical (unpaired) electrons. The first-order valence-corrected chi connectivity index (χ1v) is 6.80. The van der Waals surface area contributed by atoms with Crippen LogP contribution in [0.25, 0.3) is 0 Å². The van der Waals surface area contributed by atoms with Crippen molar-refractivity contribution in [3.8, 4) is 11.8 Å². The fraction of sp³-hybridized carbons (Fsp3) is 0.500. The van der Waals surface area contributed by atoms with Crippen LogP contribution in [0.4, 0.5) is 0 Å². The van der Waals surface area contributed by atoms with E-state index in [9.17, 15) is 0 Å². The molecule has 2 N–H and O–H groups in total. The molecule has 1 aromatic carbocycles. The van der Waals surface area contributed by atoms with E-state index in [1.54, 1.807) is 0 Å². The van der Waals surface area contributed by atoms with Crippen LogP contribution in [-0.4, -0.2) is 37.2 Å². The summed E-state index contributed by atoms with van der Waals surface area (Å²) in [5, 5.41) is 0. The summed E-state index contributed by atoms with van der Waals surface area (Å²) in [7, 11) is 2.16. The fourth-order valence-electron chi connectivity index (χ4n) is 2.60. The van der Waals surface area contributed by atoms with E-state index in [0.29, 0.717) is 18.7 Å². The molecule has 0 bridgehead atoms. The van der Waals surface area contributed by atoms with Crippen LogP contribution in [0.1, 0.15) is 24.5 Å². The molecule has 1 saturated heterocycles. The summed E-state index contributed by atoms with van der Waals surface area (Å²) in [5.74, 6) is 5.97. The Labute approximate surface area is 115 Å². The number of ether oxygens (including phenoxy) is 1. The maximum Gasteiger partial charge on any atom is 0.0703 e. The summed E-state index contributed by atoms with van der Waals surface area (Å²) in [4.78, 5) is 2.37. The van der Waals surface area contributed by atoms with E-state index in [-0.39, 0.29) is 0 Å². The number of rotatable bonds is 3. The highest BCUT2D eigenvalue weighted by molar-refractivity contribution is 5.37. The van der Waals surface area contributed by atoms with Gasteiger partial charge in [0.1, 0.15) is 0 Å². The van der Waals surface area contributed by atoms with Crippen molar-refractivity contribution < 1.29 is 4.74 Å². The Morgan fingerprint density at radius 3 is 3.00 bits per heavy atom. The van der Waals surface area contributed by atoms with E-state index in [1.807, 2.05) is 6.07 Å². The van der Waals surface area contributed by atoms with Gasteiger partial charge in [0.2, 0.25) is 0 Å². The Morgan fingerprint density at radius 1 is 1.47 bits per heavy atom. The van der Waals surface area contributed by atoms with Crippen molar-refractivity contribution in [2.24, 2.45) is 5.73 Å². The lowest BCUT2D eigenvalue weighted by atomic mass is 10.1. The fourth-order valence-corrected chi connectivity index (χ4v) is 2.60. The van der Waals surface area contributed by atoms with Gasteiger partial charge in [-0.25, -0.2) is 0 Å². The van der Waals surface area contributed by atoms with E-state index in [1.165, 1.54) is 5.56 Å². The molecular formula is C16H22N2O. The average molecular weight is 258 g/mol. The first kappa shape index (κ1) is 14.1. The number of nitrogens with zero attached hydrogens (tertiary/aromatic N) is 1. The first-order chi connectivity index (χ1) is 9.20. The Morgan fingerprint density at radius 2 is 2.32 bits per heavy atom. The van der Waals surface area contributed by atoms with E-state index >= 15 is 0 Å². The summed E-state index contributed by atoms with van der Waals surface area (Å²) < 4.78 is 5.62. The zero-order valence-electron chi connectivity index (χ0n) is 11.7. The summed E-state index contributed by atoms with van der Waals surface area (Å²) in [6.07, 6.45) is 1.44. The molecule has 1 aliphatic rings. The van der Waals surface area contributed by atoms with E-state index in [2.05, 4.69) is 48.9 Å². The Bertz CT molecular complexity index is 475. The lowest BCUT2D eigenvalue weighted by molar-refractivity contribution is 0.0814. The Balaban J connectivity index is 2.02. The highest BCUT2D eigenvalue weighted by Gasteiger charge is 2.27. The van der Waals surface area contributed by atoms with Crippen LogP contribution in [0.2, 0.25) is 0 Å². The SMILES string of the molecule is CC1OCCC1N(C)Cc1cccc(C#CCN)c1. The second-order valence-electron chi connectivity index (χ2n) is 5.05. The van der Waals surface area contributed by atoms with Crippen LogP contribution in [0.5, 0.6) is 0 Å². The first-order valence-electron chi connectivity index (χ1n) is 6.80. The second-order valence-corrected chi connectivity index (χ2v) is 5.05. The summed E-state index contributed by atoms with van der Waals surface area (Å²) in [6, 6.07) is 8.87. The number of benzene rings is 1. The zero-order valence-corrected chi connectivity index (χ0v) is 11.7. The molecule has 2 unspecified atom stereocenters. The minimum absolute atomic E-state index is 0.324. The minimum Gasteiger partial charge on any atom is -0.377 e. The molecule has 0 aliphatic carbocycles. The van der Waals surface area contributed by atoms with Gasteiger partial charge >= 0.3 is 0 Å². The molecule has 0 saturated carbocycles. The second kappa shape index (κ2) is 6.72. The number of nitrogens with two attached hydrogens (primary N) is 1. The van der Waals surface area contributed by atoms with Gasteiger partial charge in [-0.2, -0.15) is 0 Å². The van der Waals surface area contributed by atoms with Gasteiger partial charge in [-0.3, -0.25) is 4.90 Å². The van der Waals surface area contributed by atoms with Crippen LogP contribution in [-0.2, 0) is 11.3 Å². The molecule has 1 aromatic rings. The van der Waals surface area contributed by atoms with Crippen LogP contribution in [0.3, 0.4) is 0 Å². The van der Waals surface area contributed by atoms with Crippen LogP contribution in [0, 0.1) is 11.8 Å². The molecule has 3 nitrogen and oxygen atoms in total. The molecule has 2 rings (SSSR count).